The summed E-state index contributed by atoms with van der Waals surface area (Å²) in [5.41, 5.74) is 3.70. The Morgan fingerprint density at radius 3 is 2.57 bits per heavy atom. The highest BCUT2D eigenvalue weighted by Gasteiger charge is 2.01. The molecular weight excluding hydrogens is 287 g/mol. The Kier molecular flexibility index (Phi) is 2.58. The molecule has 0 aliphatic carbocycles. The number of nitrogens with zero attached hydrogens (tertiary/aromatic N) is 2. The third-order valence-corrected chi connectivity index (χ3v) is 2.70. The first-order valence-corrected chi connectivity index (χ1v) is 5.49. The first kappa shape index (κ1) is 9.71. The zero-order chi connectivity index (χ0) is 10.1. The van der Waals surface area contributed by atoms with Gasteiger partial charge in [-0.3, -0.25) is 4.68 Å². The predicted octanol–water partition coefficient (Wildman–Crippen LogP) is 3.00. The molecular formula is C11H11IN2. The summed E-state index contributed by atoms with van der Waals surface area (Å²) in [6, 6.07) is 6.52. The molecule has 0 aliphatic rings. The Balaban J connectivity index is 2.51. The minimum atomic E-state index is 1.18. The van der Waals surface area contributed by atoms with Crippen LogP contribution in [-0.2, 0) is 7.05 Å². The van der Waals surface area contributed by atoms with Crippen molar-refractivity contribution in [1.82, 2.24) is 9.78 Å². The minimum absolute atomic E-state index is 1.18. The Labute approximate surface area is 97.1 Å². The first-order chi connectivity index (χ1) is 6.65. The van der Waals surface area contributed by atoms with Gasteiger partial charge in [-0.2, -0.15) is 5.10 Å². The van der Waals surface area contributed by atoms with Crippen LogP contribution in [0.3, 0.4) is 0 Å². The second-order valence-electron chi connectivity index (χ2n) is 3.42. The van der Waals surface area contributed by atoms with Crippen LogP contribution in [0.15, 0.2) is 30.6 Å². The van der Waals surface area contributed by atoms with Crippen LogP contribution in [0.2, 0.25) is 0 Å². The maximum atomic E-state index is 4.17. The SMILES string of the molecule is Cc1cc(I)cc(-c2cnn(C)c2)c1. The maximum Gasteiger partial charge on any atom is 0.0568 e. The Morgan fingerprint density at radius 1 is 1.21 bits per heavy atom. The van der Waals surface area contributed by atoms with E-state index >= 15 is 0 Å². The molecule has 2 rings (SSSR count). The van der Waals surface area contributed by atoms with Crippen molar-refractivity contribution in [3.8, 4) is 11.1 Å². The monoisotopic (exact) mass is 298 g/mol. The maximum absolute atomic E-state index is 4.17. The smallest absolute Gasteiger partial charge is 0.0568 e. The summed E-state index contributed by atoms with van der Waals surface area (Å²) in [7, 11) is 1.93. The number of aryl methyl sites for hydroxylation is 2. The topological polar surface area (TPSA) is 17.8 Å². The number of rotatable bonds is 1. The van der Waals surface area contributed by atoms with Crippen LogP contribution in [0.5, 0.6) is 0 Å². The highest BCUT2D eigenvalue weighted by molar-refractivity contribution is 14.1. The van der Waals surface area contributed by atoms with Crippen LogP contribution >= 0.6 is 22.6 Å². The zero-order valence-corrected chi connectivity index (χ0v) is 10.3. The Bertz CT molecular complexity index is 440. The summed E-state index contributed by atoms with van der Waals surface area (Å²) >= 11 is 2.34. The molecule has 0 saturated carbocycles. The predicted molar refractivity (Wildman–Crippen MR) is 66.1 cm³/mol. The van der Waals surface area contributed by atoms with Crippen molar-refractivity contribution in [2.75, 3.05) is 0 Å². The van der Waals surface area contributed by atoms with Crippen molar-refractivity contribution in [1.29, 1.82) is 0 Å². The van der Waals surface area contributed by atoms with Gasteiger partial charge in [0.15, 0.2) is 0 Å². The van der Waals surface area contributed by atoms with Gasteiger partial charge in [0.1, 0.15) is 0 Å². The van der Waals surface area contributed by atoms with E-state index in [1.54, 1.807) is 0 Å². The van der Waals surface area contributed by atoms with Crippen LogP contribution in [0, 0.1) is 10.5 Å². The van der Waals surface area contributed by atoms with Crippen molar-refractivity contribution in [2.45, 2.75) is 6.92 Å². The van der Waals surface area contributed by atoms with Gasteiger partial charge in [-0.05, 0) is 52.8 Å². The Morgan fingerprint density at radius 2 is 2.00 bits per heavy atom. The number of hydrogen-bond acceptors (Lipinski definition) is 1. The first-order valence-electron chi connectivity index (χ1n) is 4.41. The summed E-state index contributed by atoms with van der Waals surface area (Å²) in [5.74, 6) is 0. The average Bonchev–Trinajstić information content (AvgIpc) is 2.50. The molecule has 3 heteroatoms. The van der Waals surface area contributed by atoms with Gasteiger partial charge in [-0.1, -0.05) is 6.07 Å². The number of hydrogen-bond donors (Lipinski definition) is 0. The summed E-state index contributed by atoms with van der Waals surface area (Å²) in [4.78, 5) is 0. The van der Waals surface area contributed by atoms with E-state index in [0.29, 0.717) is 0 Å². The number of benzene rings is 1. The minimum Gasteiger partial charge on any atom is -0.275 e. The lowest BCUT2D eigenvalue weighted by Gasteiger charge is -2.00. The molecule has 0 atom stereocenters. The van der Waals surface area contributed by atoms with Crippen LogP contribution in [0.4, 0.5) is 0 Å². The normalized spacial score (nSPS) is 10.5. The fourth-order valence-electron chi connectivity index (χ4n) is 1.47. The molecule has 2 nitrogen and oxygen atoms in total. The second-order valence-corrected chi connectivity index (χ2v) is 4.67. The van der Waals surface area contributed by atoms with E-state index in [4.69, 9.17) is 0 Å². The molecule has 14 heavy (non-hydrogen) atoms. The fraction of sp³-hybridized carbons (Fsp3) is 0.182. The van der Waals surface area contributed by atoms with Crippen LogP contribution in [0.25, 0.3) is 11.1 Å². The molecule has 0 radical (unpaired) electrons. The van der Waals surface area contributed by atoms with Crippen molar-refractivity contribution >= 4 is 22.6 Å². The van der Waals surface area contributed by atoms with E-state index in [-0.39, 0.29) is 0 Å². The van der Waals surface area contributed by atoms with E-state index in [0.717, 1.165) is 0 Å². The molecule has 1 aromatic carbocycles. The second kappa shape index (κ2) is 3.73. The highest BCUT2D eigenvalue weighted by Crippen LogP contribution is 2.22. The lowest BCUT2D eigenvalue weighted by Crippen LogP contribution is -1.84. The summed E-state index contributed by atoms with van der Waals surface area (Å²) < 4.78 is 3.09. The third kappa shape index (κ3) is 1.97. The molecule has 0 unspecified atom stereocenters. The molecule has 1 heterocycles. The van der Waals surface area contributed by atoms with E-state index in [9.17, 15) is 0 Å². The van der Waals surface area contributed by atoms with E-state index in [2.05, 4.69) is 52.8 Å². The average molecular weight is 298 g/mol. The van der Waals surface area contributed by atoms with Gasteiger partial charge < -0.3 is 0 Å². The molecule has 2 aromatic rings. The summed E-state index contributed by atoms with van der Waals surface area (Å²) in [5, 5.41) is 4.17. The van der Waals surface area contributed by atoms with Crippen LogP contribution in [-0.4, -0.2) is 9.78 Å². The fourth-order valence-corrected chi connectivity index (χ4v) is 2.30. The zero-order valence-electron chi connectivity index (χ0n) is 8.16. The molecule has 0 amide bonds. The third-order valence-electron chi connectivity index (χ3n) is 2.08. The van der Waals surface area contributed by atoms with Crippen molar-refractivity contribution in [2.24, 2.45) is 7.05 Å². The van der Waals surface area contributed by atoms with Gasteiger partial charge >= 0.3 is 0 Å². The molecule has 0 bridgehead atoms. The standard InChI is InChI=1S/C11H11IN2/c1-8-3-9(5-11(12)4-8)10-6-13-14(2)7-10/h3-7H,1-2H3. The van der Waals surface area contributed by atoms with Crippen LogP contribution in [0.1, 0.15) is 5.56 Å². The molecule has 0 aliphatic heterocycles. The van der Waals surface area contributed by atoms with Gasteiger partial charge in [0.2, 0.25) is 0 Å². The summed E-state index contributed by atoms with van der Waals surface area (Å²) in [6.45, 7) is 2.11. The quantitative estimate of drug-likeness (QED) is 0.740. The van der Waals surface area contributed by atoms with Gasteiger partial charge in [-0.25, -0.2) is 0 Å². The lowest BCUT2D eigenvalue weighted by molar-refractivity contribution is 0.768. The van der Waals surface area contributed by atoms with Gasteiger partial charge in [0.25, 0.3) is 0 Å². The van der Waals surface area contributed by atoms with Crippen molar-refractivity contribution < 1.29 is 0 Å². The lowest BCUT2D eigenvalue weighted by atomic mass is 10.1. The highest BCUT2D eigenvalue weighted by atomic mass is 127. The molecule has 72 valence electrons. The van der Waals surface area contributed by atoms with Crippen molar-refractivity contribution in [3.63, 3.8) is 0 Å². The molecule has 0 spiro atoms. The number of aromatic nitrogens is 2. The molecule has 0 fully saturated rings. The Hall–Kier alpha value is -0.840. The molecule has 1 aromatic heterocycles. The van der Waals surface area contributed by atoms with Crippen LogP contribution < -0.4 is 0 Å². The number of halogens is 1. The summed E-state index contributed by atoms with van der Waals surface area (Å²) in [6.07, 6.45) is 3.93. The van der Waals surface area contributed by atoms with E-state index < -0.39 is 0 Å². The van der Waals surface area contributed by atoms with E-state index in [1.165, 1.54) is 20.3 Å². The van der Waals surface area contributed by atoms with Gasteiger partial charge in [0.05, 0.1) is 6.20 Å². The molecule has 0 saturated heterocycles. The molecule has 0 N–H and O–H groups in total. The van der Waals surface area contributed by atoms with Gasteiger partial charge in [0, 0.05) is 22.4 Å². The van der Waals surface area contributed by atoms with Crippen molar-refractivity contribution in [3.05, 3.63) is 39.7 Å². The van der Waals surface area contributed by atoms with Gasteiger partial charge in [-0.15, -0.1) is 0 Å². The largest absolute Gasteiger partial charge is 0.275 e. The van der Waals surface area contributed by atoms with E-state index in [1.807, 2.05) is 24.1 Å².